The van der Waals surface area contributed by atoms with Crippen LogP contribution in [0.1, 0.15) is 89.9 Å². The number of rotatable bonds is 4. The average Bonchev–Trinajstić information content (AvgIpc) is 3.11. The van der Waals surface area contributed by atoms with E-state index < -0.39 is 0 Å². The van der Waals surface area contributed by atoms with Crippen LogP contribution >= 0.6 is 11.6 Å². The molecule has 0 aliphatic carbocycles. The van der Waals surface area contributed by atoms with Crippen molar-refractivity contribution in [3.05, 3.63) is 144 Å². The number of carbonyl (C=O) groups is 1. The molecule has 0 heterocycles. The molecule has 4 aromatic rings. The number of benzene rings is 4. The van der Waals surface area contributed by atoms with E-state index in [1.54, 1.807) is 12.1 Å². The standard InChI is InChI=1S/C8H7N.C7H7Cl.C7H8O.C7H6O.4C2H6.CH4/c9-7-6-8-4-2-1-3-5-8;3*8-6-7-4-2-1-3-5-7;4*1-2;/h1-5H,6H2;1-5H,6H2;1-5,8H,6H2;1-6H;4*1-2H3;1H4. The lowest BCUT2D eigenvalue weighted by Gasteiger charge is -1.89. The number of carbonyl (C=O) groups excluding carboxylic acids is 1. The molecule has 4 rings (SSSR count). The van der Waals surface area contributed by atoms with Gasteiger partial charge in [0.25, 0.3) is 0 Å². The molecule has 4 aromatic carbocycles. The van der Waals surface area contributed by atoms with Gasteiger partial charge in [-0.3, -0.25) is 4.79 Å². The molecule has 0 unspecified atom stereocenters. The summed E-state index contributed by atoms with van der Waals surface area (Å²) in [5.41, 5.74) is 3.95. The summed E-state index contributed by atoms with van der Waals surface area (Å²) in [7, 11) is 0. The number of alkyl halides is 1. The van der Waals surface area contributed by atoms with E-state index >= 15 is 0 Å². The Morgan fingerprint density at radius 2 is 0.905 bits per heavy atom. The first kappa shape index (κ1) is 48.0. The fraction of sp³-hybridized carbons (Fsp3) is 0.316. The van der Waals surface area contributed by atoms with Gasteiger partial charge in [0.1, 0.15) is 6.29 Å². The molecule has 0 saturated heterocycles. The van der Waals surface area contributed by atoms with Gasteiger partial charge in [-0.15, -0.1) is 11.6 Å². The molecule has 0 aliphatic heterocycles. The zero-order valence-electron chi connectivity index (χ0n) is 26.4. The van der Waals surface area contributed by atoms with E-state index in [0.717, 1.165) is 23.0 Å². The maximum atomic E-state index is 10.0. The Bertz CT molecular complexity index is 981. The van der Waals surface area contributed by atoms with Gasteiger partial charge in [0.2, 0.25) is 0 Å². The fourth-order valence-electron chi connectivity index (χ4n) is 2.37. The molecular formula is C38H56ClNO2. The third-order valence-corrected chi connectivity index (χ3v) is 4.39. The van der Waals surface area contributed by atoms with Crippen LogP contribution in [0.2, 0.25) is 0 Å². The molecule has 0 amide bonds. The predicted octanol–water partition coefficient (Wildman–Crippen LogP) is 11.6. The minimum atomic E-state index is 0. The second kappa shape index (κ2) is 44.3. The van der Waals surface area contributed by atoms with Gasteiger partial charge in [0, 0.05) is 11.4 Å². The van der Waals surface area contributed by atoms with Crippen molar-refractivity contribution in [1.29, 1.82) is 5.26 Å². The Labute approximate surface area is 263 Å². The molecule has 232 valence electrons. The van der Waals surface area contributed by atoms with Gasteiger partial charge < -0.3 is 5.11 Å². The third kappa shape index (κ3) is 32.5. The molecule has 0 bridgehead atoms. The van der Waals surface area contributed by atoms with Crippen molar-refractivity contribution in [3.63, 3.8) is 0 Å². The number of hydrogen-bond donors (Lipinski definition) is 1. The molecule has 0 saturated carbocycles. The van der Waals surface area contributed by atoms with Gasteiger partial charge >= 0.3 is 0 Å². The number of nitrogens with zero attached hydrogens (tertiary/aromatic N) is 1. The first-order chi connectivity index (χ1) is 20.2. The van der Waals surface area contributed by atoms with Crippen LogP contribution in [-0.2, 0) is 18.9 Å². The summed E-state index contributed by atoms with van der Waals surface area (Å²) >= 11 is 5.53. The topological polar surface area (TPSA) is 61.1 Å². The zero-order chi connectivity index (χ0) is 32.0. The zero-order valence-corrected chi connectivity index (χ0v) is 27.2. The highest BCUT2D eigenvalue weighted by molar-refractivity contribution is 6.17. The normalized spacial score (nSPS) is 7.45. The van der Waals surface area contributed by atoms with E-state index in [1.165, 1.54) is 5.56 Å². The Hall–Kier alpha value is -3.71. The molecular weight excluding hydrogens is 538 g/mol. The summed E-state index contributed by atoms with van der Waals surface area (Å²) in [6.45, 7) is 16.1. The van der Waals surface area contributed by atoms with E-state index in [2.05, 4.69) is 6.07 Å². The summed E-state index contributed by atoms with van der Waals surface area (Å²) in [4.78, 5) is 10.0. The van der Waals surface area contributed by atoms with Gasteiger partial charge in [-0.2, -0.15) is 5.26 Å². The van der Waals surface area contributed by atoms with E-state index in [0.29, 0.717) is 12.3 Å². The first-order valence-corrected chi connectivity index (χ1v) is 14.9. The lowest BCUT2D eigenvalue weighted by molar-refractivity contribution is 0.112. The number of halogens is 1. The number of aliphatic hydroxyl groups is 1. The Morgan fingerprint density at radius 3 is 1.12 bits per heavy atom. The second-order valence-electron chi connectivity index (χ2n) is 6.61. The highest BCUT2D eigenvalue weighted by atomic mass is 35.5. The van der Waals surface area contributed by atoms with E-state index in [9.17, 15) is 4.79 Å². The lowest BCUT2D eigenvalue weighted by Crippen LogP contribution is -1.77. The Balaban J connectivity index is -0.000000133. The average molecular weight is 594 g/mol. The molecule has 0 aromatic heterocycles. The van der Waals surface area contributed by atoms with Gasteiger partial charge in [-0.1, -0.05) is 184 Å². The summed E-state index contributed by atoms with van der Waals surface area (Å²) in [6, 6.07) is 40.4. The van der Waals surface area contributed by atoms with Crippen LogP contribution in [0.5, 0.6) is 0 Å². The summed E-state index contributed by atoms with van der Waals surface area (Å²) in [5, 5.41) is 16.8. The fourth-order valence-corrected chi connectivity index (χ4v) is 2.55. The second-order valence-corrected chi connectivity index (χ2v) is 6.88. The van der Waals surface area contributed by atoms with Crippen molar-refractivity contribution in [2.45, 2.75) is 81.7 Å². The molecule has 4 heteroatoms. The third-order valence-electron chi connectivity index (χ3n) is 4.08. The van der Waals surface area contributed by atoms with Crippen LogP contribution in [-0.4, -0.2) is 11.4 Å². The highest BCUT2D eigenvalue weighted by Gasteiger charge is 1.85. The molecule has 0 aliphatic rings. The molecule has 3 nitrogen and oxygen atoms in total. The Kier molecular flexibility index (Phi) is 50.7. The lowest BCUT2D eigenvalue weighted by atomic mass is 10.2. The molecule has 0 fully saturated rings. The van der Waals surface area contributed by atoms with Crippen molar-refractivity contribution in [3.8, 4) is 6.07 Å². The molecule has 0 radical (unpaired) electrons. The van der Waals surface area contributed by atoms with Crippen molar-refractivity contribution >= 4 is 17.9 Å². The summed E-state index contributed by atoms with van der Waals surface area (Å²) < 4.78 is 0. The van der Waals surface area contributed by atoms with Crippen molar-refractivity contribution < 1.29 is 9.90 Å². The summed E-state index contributed by atoms with van der Waals surface area (Å²) in [6.07, 6.45) is 1.35. The van der Waals surface area contributed by atoms with Crippen molar-refractivity contribution in [2.24, 2.45) is 0 Å². The van der Waals surface area contributed by atoms with Gasteiger partial charge in [0.15, 0.2) is 0 Å². The van der Waals surface area contributed by atoms with Crippen LogP contribution in [0.25, 0.3) is 0 Å². The maximum Gasteiger partial charge on any atom is 0.150 e. The van der Waals surface area contributed by atoms with Gasteiger partial charge in [-0.25, -0.2) is 0 Å². The number of aldehydes is 1. The summed E-state index contributed by atoms with van der Waals surface area (Å²) in [5.74, 6) is 0.612. The van der Waals surface area contributed by atoms with Gasteiger partial charge in [0.05, 0.1) is 19.1 Å². The Morgan fingerprint density at radius 1 is 0.595 bits per heavy atom. The minimum absolute atomic E-state index is 0. The molecule has 1 N–H and O–H groups in total. The largest absolute Gasteiger partial charge is 0.392 e. The SMILES string of the molecule is C.CC.CC.CC.CC.ClCc1ccccc1.N#CCc1ccccc1.O=Cc1ccccc1.OCc1ccccc1. The van der Waals surface area contributed by atoms with E-state index in [4.69, 9.17) is 22.0 Å². The molecule has 42 heavy (non-hydrogen) atoms. The van der Waals surface area contributed by atoms with Crippen LogP contribution < -0.4 is 0 Å². The van der Waals surface area contributed by atoms with Crippen LogP contribution in [0.3, 0.4) is 0 Å². The number of nitriles is 1. The number of hydrogen-bond acceptors (Lipinski definition) is 3. The quantitative estimate of drug-likeness (QED) is 0.189. The molecule has 0 spiro atoms. The van der Waals surface area contributed by atoms with Crippen molar-refractivity contribution in [1.82, 2.24) is 0 Å². The smallest absolute Gasteiger partial charge is 0.150 e. The molecule has 0 atom stereocenters. The predicted molar refractivity (Wildman–Crippen MR) is 188 cm³/mol. The highest BCUT2D eigenvalue weighted by Crippen LogP contribution is 2.00. The van der Waals surface area contributed by atoms with E-state index in [1.807, 2.05) is 165 Å². The van der Waals surface area contributed by atoms with Crippen LogP contribution in [0.15, 0.2) is 121 Å². The first-order valence-electron chi connectivity index (χ1n) is 14.4. The van der Waals surface area contributed by atoms with Crippen LogP contribution in [0, 0.1) is 11.3 Å². The minimum Gasteiger partial charge on any atom is -0.392 e. The monoisotopic (exact) mass is 593 g/mol. The van der Waals surface area contributed by atoms with Crippen LogP contribution in [0.4, 0.5) is 0 Å². The number of aliphatic hydroxyl groups excluding tert-OH is 1. The van der Waals surface area contributed by atoms with Crippen molar-refractivity contribution in [2.75, 3.05) is 0 Å². The van der Waals surface area contributed by atoms with Gasteiger partial charge in [-0.05, 0) is 16.7 Å². The maximum absolute atomic E-state index is 10.0. The van der Waals surface area contributed by atoms with E-state index in [-0.39, 0.29) is 14.0 Å².